The van der Waals surface area contributed by atoms with Crippen LogP contribution in [0.3, 0.4) is 0 Å². The van der Waals surface area contributed by atoms with Gasteiger partial charge in [-0.25, -0.2) is 0 Å². The van der Waals surface area contributed by atoms with Gasteiger partial charge >= 0.3 is 0 Å². The average Bonchev–Trinajstić information content (AvgIpc) is 3.11. The minimum absolute atomic E-state index is 0.197. The van der Waals surface area contributed by atoms with Crippen LogP contribution in [0.15, 0.2) is 54.7 Å². The first-order valence-corrected chi connectivity index (χ1v) is 8.55. The van der Waals surface area contributed by atoms with Crippen LogP contribution in [0, 0.1) is 0 Å². The van der Waals surface area contributed by atoms with Crippen LogP contribution in [0.25, 0.3) is 0 Å². The van der Waals surface area contributed by atoms with Crippen LogP contribution in [0.4, 0.5) is 0 Å². The van der Waals surface area contributed by atoms with E-state index in [2.05, 4.69) is 22.4 Å². The van der Waals surface area contributed by atoms with Crippen molar-refractivity contribution in [3.05, 3.63) is 66.0 Å². The van der Waals surface area contributed by atoms with Gasteiger partial charge in [-0.05, 0) is 43.4 Å². The second kappa shape index (κ2) is 7.40. The number of rotatable bonds is 6. The largest absolute Gasteiger partial charge is 0.355 e. The summed E-state index contributed by atoms with van der Waals surface area (Å²) >= 11 is 0. The van der Waals surface area contributed by atoms with Crippen LogP contribution >= 0.6 is 0 Å². The van der Waals surface area contributed by atoms with E-state index in [1.165, 1.54) is 5.56 Å². The highest BCUT2D eigenvalue weighted by molar-refractivity contribution is 5.88. The molecule has 0 spiro atoms. The predicted octanol–water partition coefficient (Wildman–Crippen LogP) is 3.64. The molecule has 3 nitrogen and oxygen atoms in total. The molecule has 3 heteroatoms. The number of nitrogens with zero attached hydrogens (tertiary/aromatic N) is 1. The summed E-state index contributed by atoms with van der Waals surface area (Å²) in [5.41, 5.74) is 1.94. The Bertz CT molecular complexity index is 619. The minimum atomic E-state index is -0.313. The number of carbonyl (C=O) groups is 1. The molecule has 23 heavy (non-hydrogen) atoms. The Morgan fingerprint density at radius 2 is 1.78 bits per heavy atom. The van der Waals surface area contributed by atoms with Crippen LogP contribution in [0.1, 0.15) is 43.4 Å². The van der Waals surface area contributed by atoms with E-state index in [4.69, 9.17) is 0 Å². The number of hydrogen-bond donors (Lipinski definition) is 1. The van der Waals surface area contributed by atoms with Crippen LogP contribution in [-0.2, 0) is 16.6 Å². The normalized spacial score (nSPS) is 16.2. The molecule has 1 aliphatic rings. The standard InChI is InChI=1S/C20H24N2O/c23-19(22-16-8-12-18-11-4-7-15-21-18)20(13-5-6-14-20)17-9-2-1-3-10-17/h1-4,7,9-11,15H,5-6,8,12-14,16H2,(H,22,23). The summed E-state index contributed by atoms with van der Waals surface area (Å²) in [5, 5.41) is 3.17. The highest BCUT2D eigenvalue weighted by atomic mass is 16.2. The summed E-state index contributed by atoms with van der Waals surface area (Å²) in [5.74, 6) is 0.197. The lowest BCUT2D eigenvalue weighted by Crippen LogP contribution is -2.43. The molecule has 1 aromatic heterocycles. The summed E-state index contributed by atoms with van der Waals surface area (Å²) in [7, 11) is 0. The van der Waals surface area contributed by atoms with E-state index in [1.807, 2.05) is 42.6 Å². The van der Waals surface area contributed by atoms with Gasteiger partial charge in [-0.3, -0.25) is 9.78 Å². The Balaban J connectivity index is 1.57. The van der Waals surface area contributed by atoms with Crippen LogP contribution in [-0.4, -0.2) is 17.4 Å². The molecule has 0 saturated heterocycles. The van der Waals surface area contributed by atoms with E-state index in [9.17, 15) is 4.79 Å². The molecule has 0 atom stereocenters. The van der Waals surface area contributed by atoms with E-state index in [0.717, 1.165) is 44.2 Å². The Hall–Kier alpha value is -2.16. The van der Waals surface area contributed by atoms with Crippen LogP contribution < -0.4 is 5.32 Å². The number of carbonyl (C=O) groups excluding carboxylic acids is 1. The van der Waals surface area contributed by atoms with E-state index in [0.29, 0.717) is 6.54 Å². The van der Waals surface area contributed by atoms with Crippen molar-refractivity contribution in [2.45, 2.75) is 43.9 Å². The maximum atomic E-state index is 12.9. The van der Waals surface area contributed by atoms with Crippen molar-refractivity contribution in [1.29, 1.82) is 0 Å². The Morgan fingerprint density at radius 1 is 1.04 bits per heavy atom. The van der Waals surface area contributed by atoms with Crippen molar-refractivity contribution < 1.29 is 4.79 Å². The zero-order valence-electron chi connectivity index (χ0n) is 13.5. The second-order valence-corrected chi connectivity index (χ2v) is 6.34. The van der Waals surface area contributed by atoms with Gasteiger partial charge in [-0.15, -0.1) is 0 Å². The fourth-order valence-electron chi connectivity index (χ4n) is 3.57. The molecule has 0 aliphatic heterocycles. The predicted molar refractivity (Wildman–Crippen MR) is 92.2 cm³/mol. The fourth-order valence-corrected chi connectivity index (χ4v) is 3.57. The molecule has 1 aromatic carbocycles. The molecule has 1 fully saturated rings. The first-order valence-electron chi connectivity index (χ1n) is 8.55. The van der Waals surface area contributed by atoms with E-state index in [-0.39, 0.29) is 11.3 Å². The number of amides is 1. The van der Waals surface area contributed by atoms with Crippen molar-refractivity contribution in [2.75, 3.05) is 6.54 Å². The third kappa shape index (κ3) is 3.61. The molecule has 3 rings (SSSR count). The SMILES string of the molecule is O=C(NCCCc1ccccn1)C1(c2ccccc2)CCCC1. The minimum Gasteiger partial charge on any atom is -0.355 e. The topological polar surface area (TPSA) is 42.0 Å². The molecule has 1 saturated carbocycles. The lowest BCUT2D eigenvalue weighted by molar-refractivity contribution is -0.126. The molecule has 2 aromatic rings. The number of pyridine rings is 1. The van der Waals surface area contributed by atoms with E-state index < -0.39 is 0 Å². The van der Waals surface area contributed by atoms with Gasteiger partial charge in [0.25, 0.3) is 0 Å². The number of aryl methyl sites for hydroxylation is 1. The molecule has 0 bridgehead atoms. The molecule has 0 unspecified atom stereocenters. The summed E-state index contributed by atoms with van der Waals surface area (Å²) in [6.45, 7) is 0.712. The number of benzene rings is 1. The van der Waals surface area contributed by atoms with Gasteiger partial charge < -0.3 is 5.32 Å². The third-order valence-electron chi connectivity index (χ3n) is 4.84. The highest BCUT2D eigenvalue weighted by Crippen LogP contribution is 2.41. The van der Waals surface area contributed by atoms with E-state index >= 15 is 0 Å². The highest BCUT2D eigenvalue weighted by Gasteiger charge is 2.42. The quantitative estimate of drug-likeness (QED) is 0.828. The van der Waals surface area contributed by atoms with Gasteiger partial charge in [0, 0.05) is 18.4 Å². The summed E-state index contributed by atoms with van der Waals surface area (Å²) in [4.78, 5) is 17.2. The van der Waals surface area contributed by atoms with E-state index in [1.54, 1.807) is 0 Å². The number of nitrogens with one attached hydrogen (secondary N) is 1. The molecule has 120 valence electrons. The summed E-state index contributed by atoms with van der Waals surface area (Å²) < 4.78 is 0. The van der Waals surface area contributed by atoms with Gasteiger partial charge in [0.2, 0.25) is 5.91 Å². The fraction of sp³-hybridized carbons (Fsp3) is 0.400. The molecule has 1 amide bonds. The molecular formula is C20H24N2O. The van der Waals surface area contributed by atoms with Crippen LogP contribution in [0.5, 0.6) is 0 Å². The van der Waals surface area contributed by atoms with Crippen molar-refractivity contribution in [3.8, 4) is 0 Å². The van der Waals surface area contributed by atoms with Crippen molar-refractivity contribution in [3.63, 3.8) is 0 Å². The van der Waals surface area contributed by atoms with Crippen molar-refractivity contribution >= 4 is 5.91 Å². The van der Waals surface area contributed by atoms with Gasteiger partial charge in [0.1, 0.15) is 0 Å². The zero-order chi connectivity index (χ0) is 16.0. The molecule has 1 N–H and O–H groups in total. The Labute approximate surface area is 138 Å². The molecule has 0 radical (unpaired) electrons. The van der Waals surface area contributed by atoms with Crippen molar-refractivity contribution in [1.82, 2.24) is 10.3 Å². The summed E-state index contributed by atoms with van der Waals surface area (Å²) in [6.07, 6.45) is 7.84. The van der Waals surface area contributed by atoms with Crippen molar-refractivity contribution in [2.24, 2.45) is 0 Å². The monoisotopic (exact) mass is 308 g/mol. The Kier molecular flexibility index (Phi) is 5.06. The average molecular weight is 308 g/mol. The van der Waals surface area contributed by atoms with Gasteiger partial charge in [-0.1, -0.05) is 49.2 Å². The second-order valence-electron chi connectivity index (χ2n) is 6.34. The summed E-state index contributed by atoms with van der Waals surface area (Å²) in [6, 6.07) is 16.2. The first-order chi connectivity index (χ1) is 11.3. The molecular weight excluding hydrogens is 284 g/mol. The lowest BCUT2D eigenvalue weighted by Gasteiger charge is -2.28. The van der Waals surface area contributed by atoms with Gasteiger partial charge in [0.15, 0.2) is 0 Å². The number of aromatic nitrogens is 1. The smallest absolute Gasteiger partial charge is 0.230 e. The lowest BCUT2D eigenvalue weighted by atomic mass is 9.78. The zero-order valence-corrected chi connectivity index (χ0v) is 13.5. The maximum absolute atomic E-state index is 12.9. The van der Waals surface area contributed by atoms with Gasteiger partial charge in [0.05, 0.1) is 5.41 Å². The number of hydrogen-bond acceptors (Lipinski definition) is 2. The van der Waals surface area contributed by atoms with Crippen LogP contribution in [0.2, 0.25) is 0 Å². The molecule has 1 heterocycles. The third-order valence-corrected chi connectivity index (χ3v) is 4.84. The maximum Gasteiger partial charge on any atom is 0.230 e. The molecule has 1 aliphatic carbocycles. The first kappa shape index (κ1) is 15.7. The van der Waals surface area contributed by atoms with Gasteiger partial charge in [-0.2, -0.15) is 0 Å². The Morgan fingerprint density at radius 3 is 2.48 bits per heavy atom.